The highest BCUT2D eigenvalue weighted by molar-refractivity contribution is 5.80. The van der Waals surface area contributed by atoms with E-state index in [1.54, 1.807) is 31.2 Å². The van der Waals surface area contributed by atoms with E-state index >= 15 is 0 Å². The Kier molecular flexibility index (Phi) is 6.54. The van der Waals surface area contributed by atoms with Crippen molar-refractivity contribution in [1.82, 2.24) is 5.32 Å². The van der Waals surface area contributed by atoms with Crippen molar-refractivity contribution >= 4 is 11.6 Å². The Morgan fingerprint density at radius 2 is 2.25 bits per heavy atom. The van der Waals surface area contributed by atoms with Crippen LogP contribution in [0.4, 0.5) is 14.5 Å². The van der Waals surface area contributed by atoms with Gasteiger partial charge in [-0.05, 0) is 25.5 Å². The minimum absolute atomic E-state index is 0.0631. The van der Waals surface area contributed by atoms with Gasteiger partial charge in [0.25, 0.3) is 0 Å². The standard InChI is InChI=1S/C17H22F2N2O3/c1-3-10-23-12(2)16(22)20-13-8-9-21(11-13)14-6-4-5-7-15(14)24-17(18)19/h3-7,12-13,17H,1,8-11H2,2H3,(H,20,22). The van der Waals surface area contributed by atoms with Gasteiger partial charge in [0.1, 0.15) is 11.9 Å². The third-order valence-electron chi connectivity index (χ3n) is 3.79. The first-order chi connectivity index (χ1) is 11.5. The highest BCUT2D eigenvalue weighted by Crippen LogP contribution is 2.31. The van der Waals surface area contributed by atoms with Gasteiger partial charge in [-0.3, -0.25) is 4.79 Å². The number of para-hydroxylation sites is 2. The van der Waals surface area contributed by atoms with Gasteiger partial charge in [-0.25, -0.2) is 0 Å². The maximum atomic E-state index is 12.5. The summed E-state index contributed by atoms with van der Waals surface area (Å²) < 4.78 is 34.9. The summed E-state index contributed by atoms with van der Waals surface area (Å²) in [6.45, 7) is 3.84. The second kappa shape index (κ2) is 8.63. The lowest BCUT2D eigenvalue weighted by molar-refractivity contribution is -0.131. The molecule has 1 aliphatic rings. The molecule has 1 aliphatic heterocycles. The molecule has 1 fully saturated rings. The number of anilines is 1. The van der Waals surface area contributed by atoms with Crippen molar-refractivity contribution < 1.29 is 23.0 Å². The molecular formula is C17H22F2N2O3. The molecule has 1 heterocycles. The molecule has 1 aromatic rings. The van der Waals surface area contributed by atoms with E-state index in [1.807, 2.05) is 4.90 Å². The molecule has 0 aliphatic carbocycles. The number of amides is 1. The number of hydrogen-bond acceptors (Lipinski definition) is 4. The van der Waals surface area contributed by atoms with Crippen LogP contribution in [-0.2, 0) is 9.53 Å². The lowest BCUT2D eigenvalue weighted by atomic mass is 10.2. The fraction of sp³-hybridized carbons (Fsp3) is 0.471. The molecule has 0 aromatic heterocycles. The summed E-state index contributed by atoms with van der Waals surface area (Å²) >= 11 is 0. The van der Waals surface area contributed by atoms with Crippen LogP contribution in [-0.4, -0.2) is 44.4 Å². The van der Waals surface area contributed by atoms with E-state index in [2.05, 4.69) is 16.6 Å². The van der Waals surface area contributed by atoms with Gasteiger partial charge in [0.15, 0.2) is 0 Å². The topological polar surface area (TPSA) is 50.8 Å². The monoisotopic (exact) mass is 340 g/mol. The molecule has 2 atom stereocenters. The average Bonchev–Trinajstić information content (AvgIpc) is 3.00. The molecule has 1 aromatic carbocycles. The minimum Gasteiger partial charge on any atom is -0.433 e. The zero-order chi connectivity index (χ0) is 17.5. The molecular weight excluding hydrogens is 318 g/mol. The van der Waals surface area contributed by atoms with Crippen LogP contribution >= 0.6 is 0 Å². The van der Waals surface area contributed by atoms with Crippen LogP contribution in [0.1, 0.15) is 13.3 Å². The van der Waals surface area contributed by atoms with Crippen LogP contribution < -0.4 is 15.0 Å². The first kappa shape index (κ1) is 18.2. The largest absolute Gasteiger partial charge is 0.433 e. The molecule has 2 rings (SSSR count). The zero-order valence-electron chi connectivity index (χ0n) is 13.6. The second-order valence-corrected chi connectivity index (χ2v) is 5.55. The van der Waals surface area contributed by atoms with Crippen molar-refractivity contribution in [2.75, 3.05) is 24.6 Å². The van der Waals surface area contributed by atoms with Crippen molar-refractivity contribution in [1.29, 1.82) is 0 Å². The number of alkyl halides is 2. The third kappa shape index (κ3) is 4.92. The SMILES string of the molecule is C=CCOC(C)C(=O)NC1CCN(c2ccccc2OC(F)F)C1. The Bertz CT molecular complexity index is 569. The summed E-state index contributed by atoms with van der Waals surface area (Å²) in [6.07, 6.45) is 1.75. The van der Waals surface area contributed by atoms with Crippen molar-refractivity contribution in [2.45, 2.75) is 32.1 Å². The normalized spacial score (nSPS) is 18.5. The van der Waals surface area contributed by atoms with E-state index in [0.717, 1.165) is 6.42 Å². The predicted octanol–water partition coefficient (Wildman–Crippen LogP) is 2.57. The van der Waals surface area contributed by atoms with Crippen LogP contribution in [0.25, 0.3) is 0 Å². The van der Waals surface area contributed by atoms with E-state index in [9.17, 15) is 13.6 Å². The van der Waals surface area contributed by atoms with Crippen molar-refractivity contribution in [3.63, 3.8) is 0 Å². The molecule has 1 N–H and O–H groups in total. The van der Waals surface area contributed by atoms with Crippen LogP contribution in [0.15, 0.2) is 36.9 Å². The van der Waals surface area contributed by atoms with Crippen LogP contribution in [0.3, 0.4) is 0 Å². The van der Waals surface area contributed by atoms with Gasteiger partial charge >= 0.3 is 6.61 Å². The van der Waals surface area contributed by atoms with Crippen LogP contribution in [0.2, 0.25) is 0 Å². The number of ether oxygens (including phenoxy) is 2. The van der Waals surface area contributed by atoms with Gasteiger partial charge in [-0.2, -0.15) is 8.78 Å². The van der Waals surface area contributed by atoms with Gasteiger partial charge in [0.05, 0.1) is 12.3 Å². The Hall–Kier alpha value is -2.15. The molecule has 7 heteroatoms. The summed E-state index contributed by atoms with van der Waals surface area (Å²) in [7, 11) is 0. The number of nitrogens with zero attached hydrogens (tertiary/aromatic N) is 1. The second-order valence-electron chi connectivity index (χ2n) is 5.55. The van der Waals surface area contributed by atoms with Crippen molar-refractivity contribution in [3.05, 3.63) is 36.9 Å². The number of rotatable bonds is 8. The molecule has 5 nitrogen and oxygen atoms in total. The van der Waals surface area contributed by atoms with Gasteiger partial charge < -0.3 is 19.7 Å². The smallest absolute Gasteiger partial charge is 0.387 e. The summed E-state index contributed by atoms with van der Waals surface area (Å²) in [5, 5.41) is 2.92. The van der Waals surface area contributed by atoms with Crippen LogP contribution in [0.5, 0.6) is 5.75 Å². The number of carbonyl (C=O) groups excluding carboxylic acids is 1. The first-order valence-corrected chi connectivity index (χ1v) is 7.83. The number of carbonyl (C=O) groups is 1. The maximum Gasteiger partial charge on any atom is 0.387 e. The van der Waals surface area contributed by atoms with E-state index in [1.165, 1.54) is 6.07 Å². The molecule has 132 valence electrons. The molecule has 24 heavy (non-hydrogen) atoms. The summed E-state index contributed by atoms with van der Waals surface area (Å²) in [5.74, 6) is -0.0528. The molecule has 1 amide bonds. The number of nitrogens with one attached hydrogen (secondary N) is 1. The highest BCUT2D eigenvalue weighted by atomic mass is 19.3. The Labute approximate surface area is 140 Å². The van der Waals surface area contributed by atoms with Gasteiger partial charge in [-0.1, -0.05) is 18.2 Å². The quantitative estimate of drug-likeness (QED) is 0.739. The Balaban J connectivity index is 1.93. The Morgan fingerprint density at radius 3 is 2.96 bits per heavy atom. The molecule has 0 radical (unpaired) electrons. The predicted molar refractivity (Wildman–Crippen MR) is 87.4 cm³/mol. The summed E-state index contributed by atoms with van der Waals surface area (Å²) in [5.41, 5.74) is 0.602. The Morgan fingerprint density at radius 1 is 1.50 bits per heavy atom. The third-order valence-corrected chi connectivity index (χ3v) is 3.79. The zero-order valence-corrected chi connectivity index (χ0v) is 13.6. The fourth-order valence-electron chi connectivity index (χ4n) is 2.62. The van der Waals surface area contributed by atoms with Crippen molar-refractivity contribution in [3.8, 4) is 5.75 Å². The lowest BCUT2D eigenvalue weighted by Crippen LogP contribution is -2.42. The number of benzene rings is 1. The molecule has 1 saturated heterocycles. The minimum atomic E-state index is -2.87. The lowest BCUT2D eigenvalue weighted by Gasteiger charge is -2.22. The van der Waals surface area contributed by atoms with E-state index in [-0.39, 0.29) is 17.7 Å². The van der Waals surface area contributed by atoms with E-state index in [4.69, 9.17) is 4.74 Å². The van der Waals surface area contributed by atoms with E-state index < -0.39 is 12.7 Å². The van der Waals surface area contributed by atoms with E-state index in [0.29, 0.717) is 25.4 Å². The maximum absolute atomic E-state index is 12.5. The van der Waals surface area contributed by atoms with Gasteiger partial charge in [0.2, 0.25) is 5.91 Å². The van der Waals surface area contributed by atoms with Crippen LogP contribution in [0, 0.1) is 0 Å². The average molecular weight is 340 g/mol. The van der Waals surface area contributed by atoms with Gasteiger partial charge in [0, 0.05) is 19.1 Å². The fourth-order valence-corrected chi connectivity index (χ4v) is 2.62. The van der Waals surface area contributed by atoms with Crippen molar-refractivity contribution in [2.24, 2.45) is 0 Å². The molecule has 0 spiro atoms. The number of halogens is 2. The summed E-state index contributed by atoms with van der Waals surface area (Å²) in [4.78, 5) is 14.0. The van der Waals surface area contributed by atoms with Gasteiger partial charge in [-0.15, -0.1) is 6.58 Å². The number of hydrogen-bond donors (Lipinski definition) is 1. The molecule has 2 unspecified atom stereocenters. The first-order valence-electron chi connectivity index (χ1n) is 7.83. The molecule has 0 saturated carbocycles. The molecule has 0 bridgehead atoms. The highest BCUT2D eigenvalue weighted by Gasteiger charge is 2.27. The summed E-state index contributed by atoms with van der Waals surface area (Å²) in [6, 6.07) is 6.60.